The summed E-state index contributed by atoms with van der Waals surface area (Å²) in [7, 11) is 1.70. The van der Waals surface area contributed by atoms with Crippen molar-refractivity contribution in [1.82, 2.24) is 9.78 Å². The molecule has 0 atom stereocenters. The molecule has 0 N–H and O–H groups in total. The summed E-state index contributed by atoms with van der Waals surface area (Å²) in [5.74, 6) is -0.305. The molecule has 4 nitrogen and oxygen atoms in total. The molecule has 0 aliphatic carbocycles. The standard InChI is InChI=1S/C13H10F3N3O/c1-19-7-10(6-18-19)8-20-12-3-2-9(5-17)4-11(12)13(14,15)16/h2-4,6-7H,8H2,1H3. The van der Waals surface area contributed by atoms with Crippen LogP contribution in [0.25, 0.3) is 0 Å². The average molecular weight is 281 g/mol. The van der Waals surface area contributed by atoms with Crippen molar-refractivity contribution in [2.24, 2.45) is 7.05 Å². The maximum atomic E-state index is 12.9. The molecule has 104 valence electrons. The average Bonchev–Trinajstić information content (AvgIpc) is 2.81. The highest BCUT2D eigenvalue weighted by molar-refractivity contribution is 5.43. The van der Waals surface area contributed by atoms with Gasteiger partial charge in [0.15, 0.2) is 0 Å². The summed E-state index contributed by atoms with van der Waals surface area (Å²) in [5, 5.41) is 12.6. The second-order valence-electron chi connectivity index (χ2n) is 4.13. The molecule has 0 spiro atoms. The Kier molecular flexibility index (Phi) is 3.66. The molecule has 2 rings (SSSR count). The number of ether oxygens (including phenoxy) is 1. The first kappa shape index (κ1) is 13.9. The van der Waals surface area contributed by atoms with E-state index in [1.54, 1.807) is 19.3 Å². The van der Waals surface area contributed by atoms with Crippen molar-refractivity contribution in [1.29, 1.82) is 5.26 Å². The zero-order valence-corrected chi connectivity index (χ0v) is 10.5. The molecule has 0 saturated carbocycles. The van der Waals surface area contributed by atoms with Crippen LogP contribution in [-0.4, -0.2) is 9.78 Å². The molecule has 20 heavy (non-hydrogen) atoms. The van der Waals surface area contributed by atoms with Crippen LogP contribution in [0.5, 0.6) is 5.75 Å². The van der Waals surface area contributed by atoms with E-state index in [-0.39, 0.29) is 17.9 Å². The van der Waals surface area contributed by atoms with E-state index < -0.39 is 11.7 Å². The summed E-state index contributed by atoms with van der Waals surface area (Å²) in [6, 6.07) is 4.89. The Morgan fingerprint density at radius 3 is 2.70 bits per heavy atom. The van der Waals surface area contributed by atoms with Gasteiger partial charge in [-0.1, -0.05) is 0 Å². The quantitative estimate of drug-likeness (QED) is 0.869. The van der Waals surface area contributed by atoms with Crippen LogP contribution in [-0.2, 0) is 19.8 Å². The smallest absolute Gasteiger partial charge is 0.420 e. The lowest BCUT2D eigenvalue weighted by molar-refractivity contribution is -0.139. The van der Waals surface area contributed by atoms with Gasteiger partial charge in [0.05, 0.1) is 23.4 Å². The Labute approximate surface area is 113 Å². The third-order valence-electron chi connectivity index (χ3n) is 2.57. The van der Waals surface area contributed by atoms with Gasteiger partial charge in [0, 0.05) is 18.8 Å². The van der Waals surface area contributed by atoms with Crippen molar-refractivity contribution in [3.8, 4) is 11.8 Å². The predicted octanol–water partition coefficient (Wildman–Crippen LogP) is 2.89. The van der Waals surface area contributed by atoms with Crippen LogP contribution in [0.1, 0.15) is 16.7 Å². The van der Waals surface area contributed by atoms with Gasteiger partial charge in [0.1, 0.15) is 12.4 Å². The van der Waals surface area contributed by atoms with E-state index in [4.69, 9.17) is 10.00 Å². The highest BCUT2D eigenvalue weighted by Gasteiger charge is 2.34. The van der Waals surface area contributed by atoms with E-state index in [1.165, 1.54) is 16.9 Å². The van der Waals surface area contributed by atoms with Crippen molar-refractivity contribution in [3.63, 3.8) is 0 Å². The van der Waals surface area contributed by atoms with Gasteiger partial charge in [0.25, 0.3) is 0 Å². The highest BCUT2D eigenvalue weighted by Crippen LogP contribution is 2.37. The lowest BCUT2D eigenvalue weighted by Crippen LogP contribution is -2.09. The summed E-state index contributed by atoms with van der Waals surface area (Å²) in [6.07, 6.45) is -1.41. The van der Waals surface area contributed by atoms with Gasteiger partial charge in [-0.15, -0.1) is 0 Å². The molecule has 0 aliphatic rings. The Balaban J connectivity index is 2.25. The monoisotopic (exact) mass is 281 g/mol. The van der Waals surface area contributed by atoms with Crippen LogP contribution >= 0.6 is 0 Å². The van der Waals surface area contributed by atoms with Crippen LogP contribution in [0.3, 0.4) is 0 Å². The van der Waals surface area contributed by atoms with E-state index in [2.05, 4.69) is 5.10 Å². The third kappa shape index (κ3) is 3.09. The fraction of sp³-hybridized carbons (Fsp3) is 0.231. The van der Waals surface area contributed by atoms with Gasteiger partial charge in [-0.25, -0.2) is 0 Å². The van der Waals surface area contributed by atoms with Gasteiger partial charge in [-0.05, 0) is 18.2 Å². The van der Waals surface area contributed by atoms with E-state index in [0.717, 1.165) is 12.1 Å². The molecule has 0 amide bonds. The highest BCUT2D eigenvalue weighted by atomic mass is 19.4. The number of alkyl halides is 3. The molecule has 0 saturated heterocycles. The number of halogens is 3. The topological polar surface area (TPSA) is 50.8 Å². The first-order valence-electron chi connectivity index (χ1n) is 5.62. The molecular formula is C13H10F3N3O. The zero-order chi connectivity index (χ0) is 14.8. The Morgan fingerprint density at radius 1 is 1.40 bits per heavy atom. The van der Waals surface area contributed by atoms with E-state index >= 15 is 0 Å². The molecule has 1 heterocycles. The number of hydrogen-bond acceptors (Lipinski definition) is 3. The molecular weight excluding hydrogens is 271 g/mol. The minimum Gasteiger partial charge on any atom is -0.488 e. The van der Waals surface area contributed by atoms with Crippen molar-refractivity contribution in [2.75, 3.05) is 0 Å². The van der Waals surface area contributed by atoms with Gasteiger partial charge >= 0.3 is 6.18 Å². The van der Waals surface area contributed by atoms with E-state index in [0.29, 0.717) is 5.56 Å². The normalized spacial score (nSPS) is 11.2. The maximum Gasteiger partial charge on any atom is 0.420 e. The molecule has 0 unspecified atom stereocenters. The first-order valence-corrected chi connectivity index (χ1v) is 5.62. The third-order valence-corrected chi connectivity index (χ3v) is 2.57. The number of benzene rings is 1. The van der Waals surface area contributed by atoms with Crippen molar-refractivity contribution >= 4 is 0 Å². The van der Waals surface area contributed by atoms with Gasteiger partial charge < -0.3 is 4.74 Å². The van der Waals surface area contributed by atoms with Crippen LogP contribution in [0, 0.1) is 11.3 Å². The second-order valence-corrected chi connectivity index (χ2v) is 4.13. The van der Waals surface area contributed by atoms with Crippen LogP contribution in [0.15, 0.2) is 30.6 Å². The van der Waals surface area contributed by atoms with Crippen molar-refractivity contribution in [2.45, 2.75) is 12.8 Å². The van der Waals surface area contributed by atoms with E-state index in [1.807, 2.05) is 0 Å². The zero-order valence-electron chi connectivity index (χ0n) is 10.5. The van der Waals surface area contributed by atoms with Gasteiger partial charge in [0.2, 0.25) is 0 Å². The van der Waals surface area contributed by atoms with Gasteiger partial charge in [-0.3, -0.25) is 4.68 Å². The van der Waals surface area contributed by atoms with E-state index in [9.17, 15) is 13.2 Å². The minimum atomic E-state index is -4.57. The molecule has 0 bridgehead atoms. The van der Waals surface area contributed by atoms with Crippen LogP contribution in [0.2, 0.25) is 0 Å². The lowest BCUT2D eigenvalue weighted by atomic mass is 10.1. The van der Waals surface area contributed by atoms with Crippen LogP contribution in [0.4, 0.5) is 13.2 Å². The summed E-state index contributed by atoms with van der Waals surface area (Å²) in [4.78, 5) is 0. The SMILES string of the molecule is Cn1cc(COc2ccc(C#N)cc2C(F)(F)F)cn1. The van der Waals surface area contributed by atoms with Crippen LogP contribution < -0.4 is 4.74 Å². The number of nitriles is 1. The largest absolute Gasteiger partial charge is 0.488 e. The molecule has 7 heteroatoms. The van der Waals surface area contributed by atoms with Gasteiger partial charge in [-0.2, -0.15) is 23.5 Å². The lowest BCUT2D eigenvalue weighted by Gasteiger charge is -2.13. The fourth-order valence-electron chi connectivity index (χ4n) is 1.65. The summed E-state index contributed by atoms with van der Waals surface area (Å²) in [6.45, 7) is -0.0250. The molecule has 0 fully saturated rings. The number of nitrogens with zero attached hydrogens (tertiary/aromatic N) is 3. The molecule has 1 aromatic heterocycles. The summed E-state index contributed by atoms with van der Waals surface area (Å²) < 4.78 is 45.4. The fourth-order valence-corrected chi connectivity index (χ4v) is 1.65. The molecule has 1 aromatic carbocycles. The maximum absolute atomic E-state index is 12.9. The number of aromatic nitrogens is 2. The summed E-state index contributed by atoms with van der Waals surface area (Å²) >= 11 is 0. The first-order chi connectivity index (χ1) is 9.40. The Morgan fingerprint density at radius 2 is 2.15 bits per heavy atom. The second kappa shape index (κ2) is 5.25. The minimum absolute atomic E-state index is 0.0250. The number of hydrogen-bond donors (Lipinski definition) is 0. The summed E-state index contributed by atoms with van der Waals surface area (Å²) in [5.41, 5.74) is -0.364. The van der Waals surface area contributed by atoms with Crippen molar-refractivity contribution < 1.29 is 17.9 Å². The predicted molar refractivity (Wildman–Crippen MR) is 63.7 cm³/mol. The van der Waals surface area contributed by atoms with Crippen molar-refractivity contribution in [3.05, 3.63) is 47.3 Å². The number of rotatable bonds is 3. The Bertz CT molecular complexity index is 656. The molecule has 2 aromatic rings. The number of aryl methyl sites for hydroxylation is 1. The molecule has 0 aliphatic heterocycles. The Hall–Kier alpha value is -2.49. The molecule has 0 radical (unpaired) electrons.